The van der Waals surface area contributed by atoms with Crippen molar-refractivity contribution >= 4 is 28.9 Å². The van der Waals surface area contributed by atoms with E-state index in [1.807, 2.05) is 18.2 Å². The number of anilines is 2. The fourth-order valence-corrected chi connectivity index (χ4v) is 2.97. The van der Waals surface area contributed by atoms with Gasteiger partial charge in [0, 0.05) is 24.5 Å². The van der Waals surface area contributed by atoms with Crippen molar-refractivity contribution in [1.29, 1.82) is 0 Å². The lowest BCUT2D eigenvalue weighted by Crippen LogP contribution is -2.30. The normalized spacial score (nSPS) is 13.9. The van der Waals surface area contributed by atoms with Gasteiger partial charge in [0.15, 0.2) is 0 Å². The number of fused-ring (bicyclic) bond motifs is 1. The molecule has 2 aromatic carbocycles. The van der Waals surface area contributed by atoms with E-state index in [1.165, 1.54) is 11.1 Å². The van der Waals surface area contributed by atoms with E-state index < -0.39 is 5.91 Å². The Morgan fingerprint density at radius 3 is 2.67 bits per heavy atom. The lowest BCUT2D eigenvalue weighted by Gasteiger charge is -2.31. The highest BCUT2D eigenvalue weighted by Gasteiger charge is 2.18. The molecule has 1 heterocycles. The first-order valence-electron chi connectivity index (χ1n) is 6.76. The highest BCUT2D eigenvalue weighted by Crippen LogP contribution is 2.29. The van der Waals surface area contributed by atoms with Crippen LogP contribution in [0, 0.1) is 0 Å². The van der Waals surface area contributed by atoms with Crippen LogP contribution < -0.4 is 16.4 Å². The van der Waals surface area contributed by atoms with Crippen molar-refractivity contribution < 1.29 is 4.79 Å². The SMILES string of the molecule is NC(=O)c1ccc(N2CCc3ccc(N)cc3C2)cc1Cl. The highest BCUT2D eigenvalue weighted by molar-refractivity contribution is 6.34. The molecule has 1 aliphatic heterocycles. The van der Waals surface area contributed by atoms with Gasteiger partial charge in [-0.15, -0.1) is 0 Å². The van der Waals surface area contributed by atoms with Crippen LogP contribution in [0.4, 0.5) is 11.4 Å². The van der Waals surface area contributed by atoms with E-state index in [1.54, 1.807) is 12.1 Å². The van der Waals surface area contributed by atoms with Gasteiger partial charge in [-0.1, -0.05) is 17.7 Å². The predicted molar refractivity (Wildman–Crippen MR) is 85.6 cm³/mol. The van der Waals surface area contributed by atoms with E-state index in [4.69, 9.17) is 23.1 Å². The van der Waals surface area contributed by atoms with Gasteiger partial charge in [0.2, 0.25) is 5.91 Å². The minimum Gasteiger partial charge on any atom is -0.399 e. The first-order chi connectivity index (χ1) is 10.0. The molecule has 3 rings (SSSR count). The second-order valence-electron chi connectivity index (χ2n) is 5.23. The summed E-state index contributed by atoms with van der Waals surface area (Å²) in [5.41, 5.74) is 15.8. The minimum absolute atomic E-state index is 0.349. The maximum absolute atomic E-state index is 11.2. The number of nitrogen functional groups attached to an aromatic ring is 1. The molecule has 21 heavy (non-hydrogen) atoms. The maximum atomic E-state index is 11.2. The summed E-state index contributed by atoms with van der Waals surface area (Å²) in [7, 11) is 0. The molecule has 1 amide bonds. The van der Waals surface area contributed by atoms with Crippen LogP contribution in [0.25, 0.3) is 0 Å². The first kappa shape index (κ1) is 13.8. The zero-order chi connectivity index (χ0) is 15.0. The fourth-order valence-electron chi connectivity index (χ4n) is 2.70. The Balaban J connectivity index is 1.89. The molecule has 0 saturated heterocycles. The quantitative estimate of drug-likeness (QED) is 0.837. The number of benzene rings is 2. The summed E-state index contributed by atoms with van der Waals surface area (Å²) in [6.07, 6.45) is 0.963. The van der Waals surface area contributed by atoms with E-state index >= 15 is 0 Å². The largest absolute Gasteiger partial charge is 0.399 e. The van der Waals surface area contributed by atoms with Crippen molar-refractivity contribution in [2.45, 2.75) is 13.0 Å². The molecular formula is C16H16ClN3O. The molecular weight excluding hydrogens is 286 g/mol. The summed E-state index contributed by atoms with van der Waals surface area (Å²) in [5.74, 6) is -0.511. The summed E-state index contributed by atoms with van der Waals surface area (Å²) >= 11 is 6.12. The zero-order valence-corrected chi connectivity index (χ0v) is 12.2. The van der Waals surface area contributed by atoms with Gasteiger partial charge in [-0.25, -0.2) is 0 Å². The smallest absolute Gasteiger partial charge is 0.250 e. The summed E-state index contributed by atoms with van der Waals surface area (Å²) in [5, 5.41) is 0.387. The molecule has 0 fully saturated rings. The molecule has 2 aromatic rings. The van der Waals surface area contributed by atoms with Gasteiger partial charge in [0.25, 0.3) is 0 Å². The number of halogens is 1. The van der Waals surface area contributed by atoms with Crippen molar-refractivity contribution in [2.24, 2.45) is 5.73 Å². The number of nitrogens with two attached hydrogens (primary N) is 2. The molecule has 0 atom stereocenters. The third kappa shape index (κ3) is 2.67. The Morgan fingerprint density at radius 1 is 1.14 bits per heavy atom. The second kappa shape index (κ2) is 5.30. The molecule has 0 bridgehead atoms. The Kier molecular flexibility index (Phi) is 3.47. The Bertz CT molecular complexity index is 715. The van der Waals surface area contributed by atoms with E-state index in [0.29, 0.717) is 10.6 Å². The van der Waals surface area contributed by atoms with Gasteiger partial charge in [-0.2, -0.15) is 0 Å². The van der Waals surface area contributed by atoms with Gasteiger partial charge in [-0.3, -0.25) is 4.79 Å². The molecule has 5 heteroatoms. The van der Waals surface area contributed by atoms with Gasteiger partial charge >= 0.3 is 0 Å². The maximum Gasteiger partial charge on any atom is 0.250 e. The summed E-state index contributed by atoms with van der Waals surface area (Å²) < 4.78 is 0. The zero-order valence-electron chi connectivity index (χ0n) is 11.5. The number of rotatable bonds is 2. The predicted octanol–water partition coefficient (Wildman–Crippen LogP) is 2.58. The highest BCUT2D eigenvalue weighted by atomic mass is 35.5. The van der Waals surface area contributed by atoms with Crippen LogP contribution in [0.15, 0.2) is 36.4 Å². The molecule has 4 N–H and O–H groups in total. The summed E-state index contributed by atoms with van der Waals surface area (Å²) in [6, 6.07) is 11.4. The van der Waals surface area contributed by atoms with Crippen LogP contribution in [-0.2, 0) is 13.0 Å². The minimum atomic E-state index is -0.511. The molecule has 108 valence electrons. The third-order valence-corrected chi connectivity index (χ3v) is 4.14. The second-order valence-corrected chi connectivity index (χ2v) is 5.64. The van der Waals surface area contributed by atoms with Crippen LogP contribution in [0.2, 0.25) is 5.02 Å². The topological polar surface area (TPSA) is 72.4 Å². The Hall–Kier alpha value is -2.20. The standard InChI is InChI=1S/C16H16ClN3O/c17-15-8-13(3-4-14(15)16(19)21)20-6-5-10-1-2-12(18)7-11(10)9-20/h1-4,7-8H,5-6,9,18H2,(H2,19,21). The van der Waals surface area contributed by atoms with Gasteiger partial charge in [0.1, 0.15) is 0 Å². The summed E-state index contributed by atoms with van der Waals surface area (Å²) in [4.78, 5) is 13.4. The molecule has 1 aliphatic rings. The van der Waals surface area contributed by atoms with Gasteiger partial charge < -0.3 is 16.4 Å². The van der Waals surface area contributed by atoms with Crippen molar-refractivity contribution in [2.75, 3.05) is 17.2 Å². The number of amides is 1. The van der Waals surface area contributed by atoms with Crippen LogP contribution in [0.5, 0.6) is 0 Å². The van der Waals surface area contributed by atoms with Gasteiger partial charge in [0.05, 0.1) is 10.6 Å². The number of hydrogen-bond donors (Lipinski definition) is 2. The number of hydrogen-bond acceptors (Lipinski definition) is 3. The van der Waals surface area contributed by atoms with Crippen molar-refractivity contribution in [3.05, 3.63) is 58.1 Å². The van der Waals surface area contributed by atoms with E-state index in [-0.39, 0.29) is 0 Å². The van der Waals surface area contributed by atoms with Crippen molar-refractivity contribution in [3.8, 4) is 0 Å². The Labute approximate surface area is 128 Å². The van der Waals surface area contributed by atoms with Crippen molar-refractivity contribution in [1.82, 2.24) is 0 Å². The molecule has 0 aliphatic carbocycles. The third-order valence-electron chi connectivity index (χ3n) is 3.83. The van der Waals surface area contributed by atoms with Crippen LogP contribution >= 0.6 is 11.6 Å². The lowest BCUT2D eigenvalue weighted by atomic mass is 9.98. The number of primary amides is 1. The van der Waals surface area contributed by atoms with Gasteiger partial charge in [-0.05, 0) is 47.9 Å². The molecule has 4 nitrogen and oxygen atoms in total. The van der Waals surface area contributed by atoms with E-state index in [9.17, 15) is 4.79 Å². The van der Waals surface area contributed by atoms with E-state index in [2.05, 4.69) is 11.0 Å². The van der Waals surface area contributed by atoms with Crippen LogP contribution in [0.3, 0.4) is 0 Å². The number of carbonyl (C=O) groups is 1. The fraction of sp³-hybridized carbons (Fsp3) is 0.188. The molecule has 0 unspecified atom stereocenters. The van der Waals surface area contributed by atoms with Crippen molar-refractivity contribution in [3.63, 3.8) is 0 Å². The Morgan fingerprint density at radius 2 is 1.95 bits per heavy atom. The first-order valence-corrected chi connectivity index (χ1v) is 7.14. The number of nitrogens with zero attached hydrogens (tertiary/aromatic N) is 1. The number of carbonyl (C=O) groups excluding carboxylic acids is 1. The van der Waals surface area contributed by atoms with Crippen LogP contribution in [-0.4, -0.2) is 12.5 Å². The van der Waals surface area contributed by atoms with E-state index in [0.717, 1.165) is 30.9 Å². The lowest BCUT2D eigenvalue weighted by molar-refractivity contribution is 0.100. The van der Waals surface area contributed by atoms with Crippen LogP contribution in [0.1, 0.15) is 21.5 Å². The average molecular weight is 302 g/mol. The molecule has 0 radical (unpaired) electrons. The summed E-state index contributed by atoms with van der Waals surface area (Å²) in [6.45, 7) is 1.69. The molecule has 0 aromatic heterocycles. The monoisotopic (exact) mass is 301 g/mol. The molecule has 0 saturated carbocycles. The average Bonchev–Trinajstić information content (AvgIpc) is 2.46. The molecule has 0 spiro atoms.